The van der Waals surface area contributed by atoms with E-state index >= 15 is 0 Å². The smallest absolute Gasteiger partial charge is 0.238 e. The minimum atomic E-state index is -0.736. The number of ether oxygens (including phenoxy) is 1. The zero-order valence-electron chi connectivity index (χ0n) is 20.6. The molecular weight excluding hydrogens is 432 g/mol. The van der Waals surface area contributed by atoms with Crippen molar-refractivity contribution in [3.63, 3.8) is 0 Å². The molecule has 1 amide bonds. The van der Waals surface area contributed by atoms with Gasteiger partial charge in [0.1, 0.15) is 24.0 Å². The third-order valence-electron chi connectivity index (χ3n) is 6.49. The van der Waals surface area contributed by atoms with Crippen LogP contribution in [-0.4, -0.2) is 61.3 Å². The van der Waals surface area contributed by atoms with E-state index in [0.717, 1.165) is 35.1 Å². The number of ketones is 2. The first-order chi connectivity index (χ1) is 16.4. The van der Waals surface area contributed by atoms with Crippen LogP contribution in [0.1, 0.15) is 73.6 Å². The molecule has 2 heterocycles. The number of Topliss-reactive ketones (excluding diaryl/α,β-unsaturated/α-hetero) is 2. The van der Waals surface area contributed by atoms with Gasteiger partial charge in [-0.3, -0.25) is 19.2 Å². The van der Waals surface area contributed by atoms with E-state index in [9.17, 15) is 14.4 Å². The molecule has 0 aromatic heterocycles. The number of benzene rings is 1. The minimum absolute atomic E-state index is 0.0581. The van der Waals surface area contributed by atoms with Crippen molar-refractivity contribution in [2.24, 2.45) is 0 Å². The third kappa shape index (κ3) is 6.99. The fraction of sp³-hybridized carbons (Fsp3) is 0.593. The molecule has 1 N–H and O–H groups in total. The van der Waals surface area contributed by atoms with Crippen molar-refractivity contribution in [3.8, 4) is 11.8 Å². The van der Waals surface area contributed by atoms with Crippen molar-refractivity contribution in [1.82, 2.24) is 10.4 Å². The maximum atomic E-state index is 13.2. The van der Waals surface area contributed by atoms with Crippen LogP contribution in [-0.2, 0) is 24.0 Å². The van der Waals surface area contributed by atoms with Crippen molar-refractivity contribution in [2.75, 3.05) is 32.8 Å². The molecule has 0 unspecified atom stereocenters. The summed E-state index contributed by atoms with van der Waals surface area (Å²) in [7, 11) is 0. The van der Waals surface area contributed by atoms with Gasteiger partial charge < -0.3 is 9.64 Å². The summed E-state index contributed by atoms with van der Waals surface area (Å²) in [5.41, 5.74) is 6.36. The normalized spacial score (nSPS) is 19.0. The maximum absolute atomic E-state index is 13.2. The lowest BCUT2D eigenvalue weighted by atomic mass is 9.81. The van der Waals surface area contributed by atoms with Crippen LogP contribution >= 0.6 is 0 Å². The number of rotatable bonds is 5. The Hall–Kier alpha value is -2.53. The molecule has 0 spiro atoms. The Morgan fingerprint density at radius 2 is 1.68 bits per heavy atom. The molecule has 1 aromatic carbocycles. The summed E-state index contributed by atoms with van der Waals surface area (Å²) in [6.07, 6.45) is 3.28. The number of nitrogens with zero attached hydrogens (tertiary/aromatic N) is 1. The van der Waals surface area contributed by atoms with Crippen LogP contribution in [0.2, 0.25) is 0 Å². The van der Waals surface area contributed by atoms with Gasteiger partial charge in [-0.05, 0) is 75.3 Å². The van der Waals surface area contributed by atoms with Crippen LogP contribution in [0.15, 0.2) is 12.1 Å². The number of nitrogens with one attached hydrogen (secondary N) is 1. The van der Waals surface area contributed by atoms with E-state index in [4.69, 9.17) is 9.57 Å². The topological polar surface area (TPSA) is 84.9 Å². The van der Waals surface area contributed by atoms with Crippen LogP contribution in [0.3, 0.4) is 0 Å². The highest BCUT2D eigenvalue weighted by molar-refractivity contribution is 6.08. The van der Waals surface area contributed by atoms with E-state index in [-0.39, 0.29) is 43.0 Å². The highest BCUT2D eigenvalue weighted by Crippen LogP contribution is 2.30. The van der Waals surface area contributed by atoms with Crippen LogP contribution in [0.5, 0.6) is 0 Å². The molecule has 1 aromatic rings. The van der Waals surface area contributed by atoms with E-state index in [1.165, 1.54) is 0 Å². The Bertz CT molecular complexity index is 910. The predicted molar refractivity (Wildman–Crippen MR) is 129 cm³/mol. The van der Waals surface area contributed by atoms with E-state index in [0.29, 0.717) is 39.1 Å². The molecule has 0 saturated carbocycles. The van der Waals surface area contributed by atoms with Crippen molar-refractivity contribution in [2.45, 2.75) is 71.3 Å². The zero-order chi connectivity index (χ0) is 24.5. The second-order valence-electron chi connectivity index (χ2n) is 9.10. The summed E-state index contributed by atoms with van der Waals surface area (Å²) >= 11 is 0. The summed E-state index contributed by atoms with van der Waals surface area (Å²) < 4.78 is 5.31. The van der Waals surface area contributed by atoms with Crippen LogP contribution in [0, 0.1) is 25.7 Å². The molecule has 0 atom stereocenters. The Kier molecular flexibility index (Phi) is 9.82. The number of aryl methyl sites for hydroxylation is 2. The third-order valence-corrected chi connectivity index (χ3v) is 6.49. The maximum Gasteiger partial charge on any atom is 0.238 e. The largest absolute Gasteiger partial charge is 0.381 e. The lowest BCUT2D eigenvalue weighted by Crippen LogP contribution is -2.41. The van der Waals surface area contributed by atoms with E-state index in [1.54, 1.807) is 11.8 Å². The number of hydrogen-bond donors (Lipinski definition) is 1. The predicted octanol–water partition coefficient (Wildman–Crippen LogP) is 3.00. The van der Waals surface area contributed by atoms with Crippen molar-refractivity contribution >= 4 is 17.5 Å². The first-order valence-corrected chi connectivity index (χ1v) is 12.2. The molecule has 2 aliphatic heterocycles. The van der Waals surface area contributed by atoms with Gasteiger partial charge in [0.15, 0.2) is 0 Å². The molecular formula is C27H36N2O5. The molecule has 0 aliphatic carbocycles. The van der Waals surface area contributed by atoms with E-state index < -0.39 is 5.92 Å². The van der Waals surface area contributed by atoms with Gasteiger partial charge in [-0.1, -0.05) is 5.92 Å². The zero-order valence-corrected chi connectivity index (χ0v) is 20.6. The quantitative estimate of drug-likeness (QED) is 0.406. The molecule has 7 nitrogen and oxygen atoms in total. The first kappa shape index (κ1) is 26.1. The van der Waals surface area contributed by atoms with Gasteiger partial charge in [0, 0.05) is 44.7 Å². The lowest BCUT2D eigenvalue weighted by molar-refractivity contribution is -0.138. The average molecular weight is 469 g/mol. The van der Waals surface area contributed by atoms with Crippen molar-refractivity contribution < 1.29 is 24.0 Å². The SMILES string of the molecule is CC#Cc1cc(C)c(C2C(=O)CCCN(C(=O)CNOC3CCOCC3)CCCC2=O)c(C)c1. The molecule has 2 aliphatic rings. The highest BCUT2D eigenvalue weighted by atomic mass is 16.7. The fourth-order valence-corrected chi connectivity index (χ4v) is 4.81. The standard InChI is InChI=1S/C27H36N2O5/c1-4-7-21-16-19(2)26(20(3)17-21)27-23(30)8-5-12-29(13-6-9-24(27)31)25(32)18-28-34-22-10-14-33-15-11-22/h16-17,22,27-28H,5-6,8-15,18H2,1-3H3. The Balaban J connectivity index is 1.61. The number of hydroxylamine groups is 1. The Morgan fingerprint density at radius 3 is 2.24 bits per heavy atom. The molecule has 3 rings (SSSR count). The summed E-state index contributed by atoms with van der Waals surface area (Å²) in [5.74, 6) is 5.00. The summed E-state index contributed by atoms with van der Waals surface area (Å²) in [4.78, 5) is 46.4. The average Bonchev–Trinajstić information content (AvgIpc) is 2.80. The molecule has 2 saturated heterocycles. The molecule has 184 valence electrons. The lowest BCUT2D eigenvalue weighted by Gasteiger charge is -2.27. The van der Waals surface area contributed by atoms with Gasteiger partial charge >= 0.3 is 0 Å². The fourth-order valence-electron chi connectivity index (χ4n) is 4.81. The van der Waals surface area contributed by atoms with Gasteiger partial charge in [0.05, 0.1) is 6.10 Å². The Morgan fingerprint density at radius 1 is 1.09 bits per heavy atom. The molecule has 0 radical (unpaired) electrons. The molecule has 2 fully saturated rings. The van der Waals surface area contributed by atoms with Crippen LogP contribution < -0.4 is 5.48 Å². The van der Waals surface area contributed by atoms with Crippen molar-refractivity contribution in [1.29, 1.82) is 0 Å². The molecule has 34 heavy (non-hydrogen) atoms. The van der Waals surface area contributed by atoms with Gasteiger partial charge in [0.25, 0.3) is 0 Å². The second-order valence-corrected chi connectivity index (χ2v) is 9.10. The number of carbonyl (C=O) groups excluding carboxylic acids is 3. The monoisotopic (exact) mass is 468 g/mol. The van der Waals surface area contributed by atoms with Crippen molar-refractivity contribution in [3.05, 3.63) is 34.4 Å². The number of amides is 1. The molecule has 0 bridgehead atoms. The summed E-state index contributed by atoms with van der Waals surface area (Å²) in [5, 5.41) is 0. The highest BCUT2D eigenvalue weighted by Gasteiger charge is 2.31. The van der Waals surface area contributed by atoms with Gasteiger partial charge in [-0.25, -0.2) is 0 Å². The van der Waals surface area contributed by atoms with Gasteiger partial charge in [0.2, 0.25) is 5.91 Å². The van der Waals surface area contributed by atoms with Gasteiger partial charge in [-0.15, -0.1) is 5.92 Å². The van der Waals surface area contributed by atoms with E-state index in [1.807, 2.05) is 26.0 Å². The first-order valence-electron chi connectivity index (χ1n) is 12.2. The minimum Gasteiger partial charge on any atom is -0.381 e. The second kappa shape index (κ2) is 12.8. The number of carbonyl (C=O) groups is 3. The van der Waals surface area contributed by atoms with E-state index in [2.05, 4.69) is 17.3 Å². The van der Waals surface area contributed by atoms with Crippen LogP contribution in [0.4, 0.5) is 0 Å². The Labute approximate surface area is 202 Å². The van der Waals surface area contributed by atoms with Crippen LogP contribution in [0.25, 0.3) is 0 Å². The summed E-state index contributed by atoms with van der Waals surface area (Å²) in [6.45, 7) is 8.08. The summed E-state index contributed by atoms with van der Waals surface area (Å²) in [6, 6.07) is 3.90. The number of hydrogen-bond acceptors (Lipinski definition) is 6. The molecule has 7 heteroatoms. The van der Waals surface area contributed by atoms with Gasteiger partial charge in [-0.2, -0.15) is 5.48 Å².